The smallest absolute Gasteiger partial charge is 0.158 e. The van der Waals surface area contributed by atoms with Crippen molar-refractivity contribution in [1.29, 1.82) is 0 Å². The van der Waals surface area contributed by atoms with E-state index < -0.39 is 0 Å². The van der Waals surface area contributed by atoms with Crippen molar-refractivity contribution in [3.8, 4) is 0 Å². The van der Waals surface area contributed by atoms with E-state index in [1.807, 2.05) is 49.5 Å². The number of aliphatic imine (C=N–C) groups is 1. The molecule has 3 nitrogen and oxygen atoms in total. The third-order valence-corrected chi connectivity index (χ3v) is 1.96. The zero-order chi connectivity index (χ0) is 10.5. The minimum atomic E-state index is 0.537. The lowest BCUT2D eigenvalue weighted by Gasteiger charge is -1.90. The fourth-order valence-corrected chi connectivity index (χ4v) is 1.27. The highest BCUT2D eigenvalue weighted by atomic mass is 16.5. The van der Waals surface area contributed by atoms with Crippen molar-refractivity contribution >= 4 is 6.21 Å². The molecule has 1 heterocycles. The number of rotatable bonds is 3. The standard InChI is InChI=1S/C12H12N2O/c1-10-7-12(15-14-10)9-13-8-11-5-3-2-4-6-11/h2-8H,9H2,1H3. The Morgan fingerprint density at radius 1 is 1.33 bits per heavy atom. The van der Waals surface area contributed by atoms with Gasteiger partial charge in [-0.3, -0.25) is 4.99 Å². The number of hydrogen-bond acceptors (Lipinski definition) is 3. The second-order valence-corrected chi connectivity index (χ2v) is 3.32. The Hall–Kier alpha value is -1.90. The summed E-state index contributed by atoms with van der Waals surface area (Å²) in [6, 6.07) is 11.9. The molecule has 1 aromatic heterocycles. The summed E-state index contributed by atoms with van der Waals surface area (Å²) in [5.41, 5.74) is 1.98. The van der Waals surface area contributed by atoms with E-state index in [0.717, 1.165) is 17.0 Å². The van der Waals surface area contributed by atoms with Gasteiger partial charge in [0, 0.05) is 12.3 Å². The summed E-state index contributed by atoms with van der Waals surface area (Å²) < 4.78 is 5.04. The van der Waals surface area contributed by atoms with Gasteiger partial charge in [0.05, 0.1) is 12.2 Å². The predicted octanol–water partition coefficient (Wildman–Crippen LogP) is 2.60. The predicted molar refractivity (Wildman–Crippen MR) is 59.0 cm³/mol. The van der Waals surface area contributed by atoms with Crippen LogP contribution in [0.3, 0.4) is 0 Å². The maximum Gasteiger partial charge on any atom is 0.158 e. The highest BCUT2D eigenvalue weighted by Gasteiger charge is 1.97. The number of nitrogens with zero attached hydrogens (tertiary/aromatic N) is 2. The second kappa shape index (κ2) is 4.55. The van der Waals surface area contributed by atoms with E-state index in [9.17, 15) is 0 Å². The van der Waals surface area contributed by atoms with Gasteiger partial charge in [0.1, 0.15) is 0 Å². The van der Waals surface area contributed by atoms with Crippen molar-refractivity contribution in [2.75, 3.05) is 0 Å². The van der Waals surface area contributed by atoms with E-state index in [4.69, 9.17) is 4.52 Å². The van der Waals surface area contributed by atoms with Crippen molar-refractivity contribution in [1.82, 2.24) is 5.16 Å². The summed E-state index contributed by atoms with van der Waals surface area (Å²) >= 11 is 0. The number of benzene rings is 1. The maximum atomic E-state index is 5.04. The Bertz CT molecular complexity index is 446. The molecule has 0 saturated heterocycles. The van der Waals surface area contributed by atoms with Crippen LogP contribution in [0.25, 0.3) is 0 Å². The first-order valence-corrected chi connectivity index (χ1v) is 4.81. The molecule has 0 aliphatic rings. The van der Waals surface area contributed by atoms with Crippen LogP contribution < -0.4 is 0 Å². The van der Waals surface area contributed by atoms with Crippen LogP contribution in [-0.2, 0) is 6.54 Å². The van der Waals surface area contributed by atoms with Gasteiger partial charge >= 0.3 is 0 Å². The molecule has 2 aromatic rings. The van der Waals surface area contributed by atoms with Crippen molar-refractivity contribution in [3.05, 3.63) is 53.4 Å². The molecule has 0 aliphatic heterocycles. The average Bonchev–Trinajstić information content (AvgIpc) is 2.66. The Morgan fingerprint density at radius 2 is 2.13 bits per heavy atom. The first-order chi connectivity index (χ1) is 7.34. The topological polar surface area (TPSA) is 38.4 Å². The van der Waals surface area contributed by atoms with Crippen molar-refractivity contribution < 1.29 is 4.52 Å². The molecule has 1 aromatic carbocycles. The maximum absolute atomic E-state index is 5.04. The van der Waals surface area contributed by atoms with E-state index in [1.54, 1.807) is 0 Å². The van der Waals surface area contributed by atoms with Crippen LogP contribution in [0.5, 0.6) is 0 Å². The molecule has 0 atom stereocenters. The molecule has 0 amide bonds. The molecule has 0 fully saturated rings. The molecule has 0 spiro atoms. The van der Waals surface area contributed by atoms with Gasteiger partial charge in [0.25, 0.3) is 0 Å². The van der Waals surface area contributed by atoms with Crippen LogP contribution in [0.1, 0.15) is 17.0 Å². The molecule has 0 N–H and O–H groups in total. The lowest BCUT2D eigenvalue weighted by Crippen LogP contribution is -1.81. The van der Waals surface area contributed by atoms with E-state index in [2.05, 4.69) is 10.1 Å². The highest BCUT2D eigenvalue weighted by Crippen LogP contribution is 2.03. The zero-order valence-electron chi connectivity index (χ0n) is 8.55. The second-order valence-electron chi connectivity index (χ2n) is 3.32. The van der Waals surface area contributed by atoms with E-state index >= 15 is 0 Å². The monoisotopic (exact) mass is 200 g/mol. The van der Waals surface area contributed by atoms with E-state index in [1.165, 1.54) is 0 Å². The van der Waals surface area contributed by atoms with Crippen LogP contribution >= 0.6 is 0 Å². The van der Waals surface area contributed by atoms with Gasteiger partial charge in [-0.2, -0.15) is 0 Å². The summed E-state index contributed by atoms with van der Waals surface area (Å²) in [6.07, 6.45) is 1.83. The molecule has 2 rings (SSSR count). The van der Waals surface area contributed by atoms with Crippen molar-refractivity contribution in [2.45, 2.75) is 13.5 Å². The Balaban J connectivity index is 1.96. The number of hydrogen-bond donors (Lipinski definition) is 0. The Labute approximate surface area is 88.4 Å². The summed E-state index contributed by atoms with van der Waals surface area (Å²) in [5.74, 6) is 0.791. The highest BCUT2D eigenvalue weighted by molar-refractivity contribution is 5.79. The lowest BCUT2D eigenvalue weighted by atomic mass is 10.2. The first kappa shape index (κ1) is 9.65. The van der Waals surface area contributed by atoms with Gasteiger partial charge in [-0.05, 0) is 12.5 Å². The molecular weight excluding hydrogens is 188 g/mol. The average molecular weight is 200 g/mol. The third kappa shape index (κ3) is 2.77. The molecule has 3 heteroatoms. The molecule has 0 unspecified atom stereocenters. The summed E-state index contributed by atoms with van der Waals surface area (Å²) in [5, 5.41) is 3.79. The zero-order valence-corrected chi connectivity index (χ0v) is 8.55. The molecule has 15 heavy (non-hydrogen) atoms. The number of aromatic nitrogens is 1. The van der Waals surface area contributed by atoms with Crippen molar-refractivity contribution in [2.24, 2.45) is 4.99 Å². The van der Waals surface area contributed by atoms with Gasteiger partial charge in [0.15, 0.2) is 5.76 Å². The van der Waals surface area contributed by atoms with Crippen LogP contribution in [0.2, 0.25) is 0 Å². The van der Waals surface area contributed by atoms with Gasteiger partial charge in [-0.15, -0.1) is 0 Å². The Kier molecular flexibility index (Phi) is 2.93. The largest absolute Gasteiger partial charge is 0.359 e. The minimum Gasteiger partial charge on any atom is -0.359 e. The van der Waals surface area contributed by atoms with Crippen LogP contribution in [-0.4, -0.2) is 11.4 Å². The van der Waals surface area contributed by atoms with Gasteiger partial charge in [0.2, 0.25) is 0 Å². The minimum absolute atomic E-state index is 0.537. The van der Waals surface area contributed by atoms with Crippen LogP contribution in [0, 0.1) is 6.92 Å². The van der Waals surface area contributed by atoms with Gasteiger partial charge in [-0.25, -0.2) is 0 Å². The van der Waals surface area contributed by atoms with Gasteiger partial charge < -0.3 is 4.52 Å². The van der Waals surface area contributed by atoms with E-state index in [0.29, 0.717) is 6.54 Å². The van der Waals surface area contributed by atoms with Crippen molar-refractivity contribution in [3.63, 3.8) is 0 Å². The molecule has 76 valence electrons. The van der Waals surface area contributed by atoms with Crippen LogP contribution in [0.15, 0.2) is 45.9 Å². The molecule has 0 saturated carbocycles. The summed E-state index contributed by atoms with van der Waals surface area (Å²) in [6.45, 7) is 2.43. The van der Waals surface area contributed by atoms with Crippen LogP contribution in [0.4, 0.5) is 0 Å². The molecule has 0 bridgehead atoms. The quantitative estimate of drug-likeness (QED) is 0.714. The molecular formula is C12H12N2O. The normalized spacial score (nSPS) is 11.0. The Morgan fingerprint density at radius 3 is 2.80 bits per heavy atom. The summed E-state index contributed by atoms with van der Waals surface area (Å²) in [4.78, 5) is 4.27. The third-order valence-electron chi connectivity index (χ3n) is 1.96. The molecule has 0 radical (unpaired) electrons. The molecule has 0 aliphatic carbocycles. The lowest BCUT2D eigenvalue weighted by molar-refractivity contribution is 0.381. The fourth-order valence-electron chi connectivity index (χ4n) is 1.27. The SMILES string of the molecule is Cc1cc(CN=Cc2ccccc2)on1. The number of aryl methyl sites for hydroxylation is 1. The van der Waals surface area contributed by atoms with E-state index in [-0.39, 0.29) is 0 Å². The van der Waals surface area contributed by atoms with Gasteiger partial charge in [-0.1, -0.05) is 35.5 Å². The summed E-state index contributed by atoms with van der Waals surface area (Å²) in [7, 11) is 0. The fraction of sp³-hybridized carbons (Fsp3) is 0.167. The first-order valence-electron chi connectivity index (χ1n) is 4.81.